The van der Waals surface area contributed by atoms with Crippen molar-refractivity contribution in [2.24, 2.45) is 0 Å². The average Bonchev–Trinajstić information content (AvgIpc) is 2.24. The van der Waals surface area contributed by atoms with Crippen LogP contribution in [0.4, 0.5) is 0 Å². The van der Waals surface area contributed by atoms with Gasteiger partial charge in [-0.15, -0.1) is 0 Å². The van der Waals surface area contributed by atoms with Crippen molar-refractivity contribution in [1.29, 1.82) is 0 Å². The third kappa shape index (κ3) is 8.05. The zero-order valence-electron chi connectivity index (χ0n) is 10.8. The van der Waals surface area contributed by atoms with Crippen LogP contribution in [0, 0.1) is 0 Å². The van der Waals surface area contributed by atoms with E-state index in [0.717, 1.165) is 13.0 Å². The largest absolute Gasteiger partial charge is 0.391 e. The van der Waals surface area contributed by atoms with Gasteiger partial charge in [-0.05, 0) is 6.42 Å². The Morgan fingerprint density at radius 1 is 1.00 bits per heavy atom. The molecule has 0 aromatic carbocycles. The second-order valence-electron chi connectivity index (χ2n) is 4.61. The van der Waals surface area contributed by atoms with Gasteiger partial charge in [0.1, 0.15) is 13.1 Å². The number of aliphatic hydroxyl groups is 2. The first-order valence-corrected chi connectivity index (χ1v) is 6.31. The lowest BCUT2D eigenvalue weighted by Gasteiger charge is -2.32. The summed E-state index contributed by atoms with van der Waals surface area (Å²) in [4.78, 5) is 0. The first kappa shape index (κ1) is 15.8. The van der Waals surface area contributed by atoms with Crippen molar-refractivity contribution in [2.75, 3.05) is 46.7 Å². The molecule has 16 heavy (non-hydrogen) atoms. The van der Waals surface area contributed by atoms with E-state index in [2.05, 4.69) is 6.92 Å². The number of unbranched alkanes of at least 4 members (excludes halogenated alkanes) is 3. The van der Waals surface area contributed by atoms with Gasteiger partial charge in [0, 0.05) is 0 Å². The van der Waals surface area contributed by atoms with Crippen LogP contribution >= 0.6 is 0 Å². The van der Waals surface area contributed by atoms with Gasteiger partial charge in [0.05, 0.1) is 26.9 Å². The molecule has 0 radical (unpaired) electrons. The van der Waals surface area contributed by atoms with Gasteiger partial charge in [0.2, 0.25) is 0 Å². The summed E-state index contributed by atoms with van der Waals surface area (Å²) < 4.78 is 6.18. The Morgan fingerprint density at radius 2 is 1.62 bits per heavy atom. The Kier molecular flexibility index (Phi) is 9.92. The summed E-state index contributed by atoms with van der Waals surface area (Å²) in [5, 5.41) is 17.9. The number of nitrogens with zero attached hydrogens (tertiary/aromatic N) is 1. The first-order chi connectivity index (χ1) is 7.68. The normalized spacial score (nSPS) is 12.0. The molecule has 0 spiro atoms. The molecule has 0 aliphatic rings. The number of hydrogen-bond acceptors (Lipinski definition) is 3. The molecule has 0 aliphatic carbocycles. The Hall–Kier alpha value is -0.160. The van der Waals surface area contributed by atoms with E-state index in [0.29, 0.717) is 24.3 Å². The molecular weight excluding hydrogens is 206 g/mol. The number of rotatable bonds is 11. The number of hydrogen-bond donors (Lipinski definition) is 2. The second-order valence-corrected chi connectivity index (χ2v) is 4.61. The van der Waals surface area contributed by atoms with Gasteiger partial charge in [0.15, 0.2) is 6.73 Å². The highest BCUT2D eigenvalue weighted by Gasteiger charge is 2.19. The predicted octanol–water partition coefficient (Wildman–Crippen LogP) is 0.972. The summed E-state index contributed by atoms with van der Waals surface area (Å²) in [5.74, 6) is 0. The maximum absolute atomic E-state index is 8.95. The lowest BCUT2D eigenvalue weighted by Crippen LogP contribution is -2.49. The van der Waals surface area contributed by atoms with E-state index in [-0.39, 0.29) is 13.2 Å². The molecule has 0 fully saturated rings. The Bertz CT molecular complexity index is 147. The van der Waals surface area contributed by atoms with E-state index in [4.69, 9.17) is 14.9 Å². The van der Waals surface area contributed by atoms with Gasteiger partial charge in [0.25, 0.3) is 0 Å². The van der Waals surface area contributed by atoms with Crippen LogP contribution in [-0.2, 0) is 4.74 Å². The van der Waals surface area contributed by atoms with E-state index in [9.17, 15) is 0 Å². The fourth-order valence-electron chi connectivity index (χ4n) is 1.64. The van der Waals surface area contributed by atoms with Crippen molar-refractivity contribution in [1.82, 2.24) is 0 Å². The summed E-state index contributed by atoms with van der Waals surface area (Å²) >= 11 is 0. The lowest BCUT2D eigenvalue weighted by molar-refractivity contribution is -0.928. The fourth-order valence-corrected chi connectivity index (χ4v) is 1.64. The van der Waals surface area contributed by atoms with Crippen molar-refractivity contribution < 1.29 is 19.4 Å². The van der Waals surface area contributed by atoms with Crippen molar-refractivity contribution >= 4 is 0 Å². The fraction of sp³-hybridized carbons (Fsp3) is 1.00. The summed E-state index contributed by atoms with van der Waals surface area (Å²) in [6.45, 7) is 5.09. The highest BCUT2D eigenvalue weighted by atomic mass is 16.5. The number of ether oxygens (including phenoxy) is 1. The third-order valence-corrected chi connectivity index (χ3v) is 2.82. The molecule has 0 aromatic heterocycles. The molecule has 0 heterocycles. The Morgan fingerprint density at radius 3 is 2.12 bits per heavy atom. The van der Waals surface area contributed by atoms with Crippen LogP contribution in [0.3, 0.4) is 0 Å². The molecule has 4 heteroatoms. The predicted molar refractivity (Wildman–Crippen MR) is 65.1 cm³/mol. The molecule has 0 atom stereocenters. The van der Waals surface area contributed by atoms with Gasteiger partial charge in [-0.2, -0.15) is 0 Å². The van der Waals surface area contributed by atoms with Gasteiger partial charge in [-0.25, -0.2) is 0 Å². The minimum absolute atomic E-state index is 0.135. The van der Waals surface area contributed by atoms with Gasteiger partial charge >= 0.3 is 0 Å². The summed E-state index contributed by atoms with van der Waals surface area (Å²) in [6, 6.07) is 0. The smallest absolute Gasteiger partial charge is 0.183 e. The Labute approximate surface area is 99.4 Å². The molecular formula is C12H28NO3+. The zero-order chi connectivity index (χ0) is 12.3. The summed E-state index contributed by atoms with van der Waals surface area (Å²) in [7, 11) is 2.00. The standard InChI is InChI=1S/C12H28NO3/c1-3-4-5-6-11-16-12-13(2,7-9-14)8-10-15/h14-15H,3-12H2,1-2H3/q+1. The quantitative estimate of drug-likeness (QED) is 0.318. The van der Waals surface area contributed by atoms with Crippen LogP contribution in [-0.4, -0.2) is 61.4 Å². The molecule has 0 saturated carbocycles. The van der Waals surface area contributed by atoms with Crippen molar-refractivity contribution in [3.63, 3.8) is 0 Å². The molecule has 0 rings (SSSR count). The summed E-state index contributed by atoms with van der Waals surface area (Å²) in [5.41, 5.74) is 0. The maximum atomic E-state index is 8.95. The van der Waals surface area contributed by atoms with E-state index < -0.39 is 0 Å². The van der Waals surface area contributed by atoms with E-state index in [1.54, 1.807) is 0 Å². The van der Waals surface area contributed by atoms with E-state index >= 15 is 0 Å². The minimum atomic E-state index is 0.135. The lowest BCUT2D eigenvalue weighted by atomic mass is 10.2. The van der Waals surface area contributed by atoms with Crippen LogP contribution in [0.1, 0.15) is 32.6 Å². The third-order valence-electron chi connectivity index (χ3n) is 2.82. The number of quaternary nitrogens is 1. The van der Waals surface area contributed by atoms with Crippen molar-refractivity contribution in [2.45, 2.75) is 32.6 Å². The average molecular weight is 234 g/mol. The monoisotopic (exact) mass is 234 g/mol. The molecule has 0 amide bonds. The van der Waals surface area contributed by atoms with Gasteiger partial charge < -0.3 is 14.9 Å². The van der Waals surface area contributed by atoms with Crippen LogP contribution in [0.2, 0.25) is 0 Å². The number of aliphatic hydroxyl groups excluding tert-OH is 2. The first-order valence-electron chi connectivity index (χ1n) is 6.31. The maximum Gasteiger partial charge on any atom is 0.183 e. The van der Waals surface area contributed by atoms with Crippen molar-refractivity contribution in [3.05, 3.63) is 0 Å². The topological polar surface area (TPSA) is 49.7 Å². The minimum Gasteiger partial charge on any atom is -0.391 e. The number of likely N-dealkylation sites (N-methyl/N-ethyl adjacent to an activating group) is 1. The molecule has 0 bridgehead atoms. The van der Waals surface area contributed by atoms with Crippen LogP contribution in [0.25, 0.3) is 0 Å². The molecule has 0 saturated heterocycles. The summed E-state index contributed by atoms with van der Waals surface area (Å²) in [6.07, 6.45) is 4.83. The molecule has 4 nitrogen and oxygen atoms in total. The van der Waals surface area contributed by atoms with Crippen LogP contribution in [0.15, 0.2) is 0 Å². The zero-order valence-corrected chi connectivity index (χ0v) is 10.8. The Balaban J connectivity index is 3.59. The molecule has 2 N–H and O–H groups in total. The van der Waals surface area contributed by atoms with Crippen LogP contribution in [0.5, 0.6) is 0 Å². The van der Waals surface area contributed by atoms with Gasteiger partial charge in [-0.3, -0.25) is 4.48 Å². The second kappa shape index (κ2) is 10.0. The molecule has 0 aromatic rings. The van der Waals surface area contributed by atoms with Gasteiger partial charge in [-0.1, -0.05) is 26.2 Å². The van der Waals surface area contributed by atoms with Crippen molar-refractivity contribution in [3.8, 4) is 0 Å². The molecule has 0 unspecified atom stereocenters. The SMILES string of the molecule is CCCCCCOC[N+](C)(CCO)CCO. The molecule has 0 aliphatic heterocycles. The molecule has 98 valence electrons. The van der Waals surface area contributed by atoms with E-state index in [1.165, 1.54) is 19.3 Å². The highest BCUT2D eigenvalue weighted by Crippen LogP contribution is 2.04. The van der Waals surface area contributed by atoms with Crippen LogP contribution < -0.4 is 0 Å². The highest BCUT2D eigenvalue weighted by molar-refractivity contribution is 4.39. The van der Waals surface area contributed by atoms with E-state index in [1.807, 2.05) is 7.05 Å².